The standard InChI is InChI=1S/C13H24N2S2/c1-9-8-17-13(14-10(9)2)15-11-5-4-6-12(7-11)16-3/h9-12H,4-8H2,1-3H3,(H,14,15). The summed E-state index contributed by atoms with van der Waals surface area (Å²) in [6.45, 7) is 4.53. The van der Waals surface area contributed by atoms with Gasteiger partial charge in [0.1, 0.15) is 0 Å². The lowest BCUT2D eigenvalue weighted by molar-refractivity contribution is 0.422. The highest BCUT2D eigenvalue weighted by atomic mass is 32.2. The molecule has 1 fully saturated rings. The molecule has 0 amide bonds. The summed E-state index contributed by atoms with van der Waals surface area (Å²) in [7, 11) is 0. The molecular formula is C13H24N2S2. The maximum atomic E-state index is 4.77. The minimum Gasteiger partial charge on any atom is -0.362 e. The Kier molecular flexibility index (Phi) is 5.10. The molecule has 0 aromatic carbocycles. The van der Waals surface area contributed by atoms with Crippen molar-refractivity contribution < 1.29 is 0 Å². The fourth-order valence-corrected chi connectivity index (χ4v) is 4.46. The molecule has 2 aliphatic rings. The van der Waals surface area contributed by atoms with E-state index in [2.05, 4.69) is 25.4 Å². The number of thioether (sulfide) groups is 2. The molecule has 2 nitrogen and oxygen atoms in total. The number of hydrogen-bond donors (Lipinski definition) is 1. The molecule has 0 aromatic heterocycles. The van der Waals surface area contributed by atoms with Gasteiger partial charge >= 0.3 is 0 Å². The molecule has 0 bridgehead atoms. The summed E-state index contributed by atoms with van der Waals surface area (Å²) in [5.74, 6) is 1.93. The molecule has 1 heterocycles. The van der Waals surface area contributed by atoms with Crippen LogP contribution in [0.4, 0.5) is 0 Å². The zero-order valence-corrected chi connectivity index (χ0v) is 12.7. The Morgan fingerprint density at radius 1 is 1.35 bits per heavy atom. The lowest BCUT2D eigenvalue weighted by Crippen LogP contribution is -2.40. The quantitative estimate of drug-likeness (QED) is 0.834. The average molecular weight is 272 g/mol. The molecule has 1 saturated carbocycles. The van der Waals surface area contributed by atoms with Gasteiger partial charge in [-0.3, -0.25) is 4.99 Å². The van der Waals surface area contributed by atoms with Crippen LogP contribution in [0.15, 0.2) is 4.99 Å². The Bertz CT molecular complexity index is 281. The normalized spacial score (nSPS) is 38.6. The van der Waals surface area contributed by atoms with E-state index in [0.29, 0.717) is 12.1 Å². The summed E-state index contributed by atoms with van der Waals surface area (Å²) < 4.78 is 0. The third-order valence-corrected chi connectivity index (χ3v) is 6.20. The van der Waals surface area contributed by atoms with Gasteiger partial charge in [-0.15, -0.1) is 0 Å². The number of amidine groups is 1. The third-order valence-electron chi connectivity index (χ3n) is 3.91. The van der Waals surface area contributed by atoms with E-state index in [1.165, 1.54) is 36.6 Å². The summed E-state index contributed by atoms with van der Waals surface area (Å²) in [4.78, 5) is 4.77. The van der Waals surface area contributed by atoms with E-state index in [0.717, 1.165) is 11.2 Å². The van der Waals surface area contributed by atoms with Gasteiger partial charge in [-0.05, 0) is 38.4 Å². The summed E-state index contributed by atoms with van der Waals surface area (Å²) in [6.07, 6.45) is 7.63. The average Bonchev–Trinajstić information content (AvgIpc) is 2.34. The SMILES string of the molecule is CSC1CCCC(NC2=NC(C)C(C)CS2)C1. The molecule has 0 spiro atoms. The Balaban J connectivity index is 1.86. The molecule has 2 rings (SSSR count). The maximum Gasteiger partial charge on any atom is 0.157 e. The van der Waals surface area contributed by atoms with Crippen LogP contribution < -0.4 is 5.32 Å². The van der Waals surface area contributed by atoms with Crippen LogP contribution in [-0.2, 0) is 0 Å². The first-order valence-corrected chi connectivity index (χ1v) is 8.96. The zero-order chi connectivity index (χ0) is 12.3. The zero-order valence-electron chi connectivity index (χ0n) is 11.1. The van der Waals surface area contributed by atoms with Gasteiger partial charge in [-0.2, -0.15) is 11.8 Å². The monoisotopic (exact) mass is 272 g/mol. The van der Waals surface area contributed by atoms with Gasteiger partial charge in [-0.1, -0.05) is 25.1 Å². The summed E-state index contributed by atoms with van der Waals surface area (Å²) in [5, 5.41) is 5.72. The van der Waals surface area contributed by atoms with E-state index in [4.69, 9.17) is 4.99 Å². The van der Waals surface area contributed by atoms with Crippen molar-refractivity contribution in [3.63, 3.8) is 0 Å². The first kappa shape index (κ1) is 13.6. The fourth-order valence-electron chi connectivity index (χ4n) is 2.44. The van der Waals surface area contributed by atoms with Crippen molar-refractivity contribution >= 4 is 28.7 Å². The molecule has 4 heteroatoms. The predicted molar refractivity (Wildman–Crippen MR) is 81.2 cm³/mol. The molecule has 1 aliphatic heterocycles. The highest BCUT2D eigenvalue weighted by Gasteiger charge is 2.24. The minimum absolute atomic E-state index is 0.485. The molecule has 98 valence electrons. The number of hydrogen-bond acceptors (Lipinski definition) is 4. The van der Waals surface area contributed by atoms with Gasteiger partial charge in [0.2, 0.25) is 0 Å². The predicted octanol–water partition coefficient (Wildman–Crippen LogP) is 3.38. The Labute approximate surface area is 114 Å². The first-order valence-electron chi connectivity index (χ1n) is 6.69. The van der Waals surface area contributed by atoms with Crippen LogP contribution in [-0.4, -0.2) is 34.5 Å². The lowest BCUT2D eigenvalue weighted by atomic mass is 9.95. The lowest BCUT2D eigenvalue weighted by Gasteiger charge is -2.31. The van der Waals surface area contributed by atoms with Crippen molar-refractivity contribution in [3.05, 3.63) is 0 Å². The second-order valence-electron chi connectivity index (χ2n) is 5.33. The number of nitrogens with zero attached hydrogens (tertiary/aromatic N) is 1. The van der Waals surface area contributed by atoms with E-state index in [-0.39, 0.29) is 0 Å². The molecule has 1 N–H and O–H groups in total. The van der Waals surface area contributed by atoms with E-state index in [9.17, 15) is 0 Å². The molecule has 4 atom stereocenters. The van der Waals surface area contributed by atoms with Gasteiger partial charge in [0, 0.05) is 17.0 Å². The van der Waals surface area contributed by atoms with Crippen LogP contribution in [0.25, 0.3) is 0 Å². The van der Waals surface area contributed by atoms with Crippen molar-refractivity contribution in [1.82, 2.24) is 5.32 Å². The van der Waals surface area contributed by atoms with E-state index in [1.807, 2.05) is 23.5 Å². The Morgan fingerprint density at radius 2 is 2.18 bits per heavy atom. The molecule has 0 aromatic rings. The molecule has 0 radical (unpaired) electrons. The van der Waals surface area contributed by atoms with Gasteiger partial charge in [0.05, 0.1) is 6.04 Å². The number of rotatable bonds is 2. The maximum absolute atomic E-state index is 4.77. The highest BCUT2D eigenvalue weighted by molar-refractivity contribution is 8.13. The fraction of sp³-hybridized carbons (Fsp3) is 0.923. The van der Waals surface area contributed by atoms with Crippen molar-refractivity contribution in [1.29, 1.82) is 0 Å². The smallest absolute Gasteiger partial charge is 0.157 e. The third kappa shape index (κ3) is 3.82. The van der Waals surface area contributed by atoms with Crippen LogP contribution >= 0.6 is 23.5 Å². The van der Waals surface area contributed by atoms with Crippen LogP contribution in [0.1, 0.15) is 39.5 Å². The van der Waals surface area contributed by atoms with Crippen molar-refractivity contribution in [2.45, 2.75) is 56.9 Å². The van der Waals surface area contributed by atoms with Crippen LogP contribution in [0, 0.1) is 5.92 Å². The summed E-state index contributed by atoms with van der Waals surface area (Å²) in [5.41, 5.74) is 0. The van der Waals surface area contributed by atoms with Crippen molar-refractivity contribution in [2.75, 3.05) is 12.0 Å². The molecular weight excluding hydrogens is 248 g/mol. The van der Waals surface area contributed by atoms with Crippen molar-refractivity contribution in [2.24, 2.45) is 10.9 Å². The molecule has 4 unspecified atom stereocenters. The van der Waals surface area contributed by atoms with Crippen LogP contribution in [0.3, 0.4) is 0 Å². The van der Waals surface area contributed by atoms with Crippen LogP contribution in [0.2, 0.25) is 0 Å². The van der Waals surface area contributed by atoms with Crippen LogP contribution in [0.5, 0.6) is 0 Å². The van der Waals surface area contributed by atoms with Gasteiger partial charge in [0.25, 0.3) is 0 Å². The van der Waals surface area contributed by atoms with Gasteiger partial charge in [-0.25, -0.2) is 0 Å². The molecule has 0 saturated heterocycles. The second kappa shape index (κ2) is 6.37. The van der Waals surface area contributed by atoms with Gasteiger partial charge in [0.15, 0.2) is 5.17 Å². The summed E-state index contributed by atoms with van der Waals surface area (Å²) >= 11 is 3.94. The number of nitrogens with one attached hydrogen (secondary N) is 1. The Hall–Kier alpha value is 0.170. The van der Waals surface area contributed by atoms with E-state index >= 15 is 0 Å². The van der Waals surface area contributed by atoms with Gasteiger partial charge < -0.3 is 5.32 Å². The van der Waals surface area contributed by atoms with E-state index in [1.54, 1.807) is 0 Å². The number of aliphatic imine (C=N–C) groups is 1. The highest BCUT2D eigenvalue weighted by Crippen LogP contribution is 2.28. The Morgan fingerprint density at radius 3 is 2.88 bits per heavy atom. The molecule has 1 aliphatic carbocycles. The first-order chi connectivity index (χ1) is 8.19. The second-order valence-corrected chi connectivity index (χ2v) is 7.48. The summed E-state index contributed by atoms with van der Waals surface area (Å²) in [6, 6.07) is 1.15. The topological polar surface area (TPSA) is 24.4 Å². The van der Waals surface area contributed by atoms with Crippen molar-refractivity contribution in [3.8, 4) is 0 Å². The molecule has 17 heavy (non-hydrogen) atoms. The largest absolute Gasteiger partial charge is 0.362 e. The minimum atomic E-state index is 0.485. The van der Waals surface area contributed by atoms with E-state index < -0.39 is 0 Å².